The van der Waals surface area contributed by atoms with E-state index in [1.54, 1.807) is 0 Å². The molecule has 0 aromatic heterocycles. The molecule has 1 saturated carbocycles. The Morgan fingerprint density at radius 3 is 2.39 bits per heavy atom. The molecule has 3 atom stereocenters. The lowest BCUT2D eigenvalue weighted by molar-refractivity contribution is -0.147. The van der Waals surface area contributed by atoms with Crippen molar-refractivity contribution in [3.63, 3.8) is 0 Å². The number of hydrogen-bond donors (Lipinski definition) is 1. The lowest BCUT2D eigenvalue weighted by atomic mass is 9.77. The quantitative estimate of drug-likeness (QED) is 0.501. The summed E-state index contributed by atoms with van der Waals surface area (Å²) in [6, 6.07) is 11.7. The highest BCUT2D eigenvalue weighted by molar-refractivity contribution is 6.37. The van der Waals surface area contributed by atoms with Crippen molar-refractivity contribution >= 4 is 28.3 Å². The van der Waals surface area contributed by atoms with E-state index >= 15 is 0 Å². The lowest BCUT2D eigenvalue weighted by Crippen LogP contribution is -2.53. The van der Waals surface area contributed by atoms with Gasteiger partial charge in [-0.05, 0) is 87.3 Å². The minimum atomic E-state index is -0.628. The highest BCUT2D eigenvalue weighted by Gasteiger charge is 2.42. The van der Waals surface area contributed by atoms with Crippen LogP contribution in [-0.2, 0) is 4.79 Å². The molecule has 5 heteroatoms. The van der Waals surface area contributed by atoms with Crippen LogP contribution in [0.1, 0.15) is 83.2 Å². The molecule has 2 aliphatic heterocycles. The zero-order valence-corrected chi connectivity index (χ0v) is 20.6. The third-order valence-electron chi connectivity index (χ3n) is 8.51. The van der Waals surface area contributed by atoms with Crippen molar-refractivity contribution in [2.75, 3.05) is 0 Å². The zero-order chi connectivity index (χ0) is 23.1. The predicted molar refractivity (Wildman–Crippen MR) is 133 cm³/mol. The summed E-state index contributed by atoms with van der Waals surface area (Å²) >= 11 is 6.90. The Bertz CT molecular complexity index is 1000. The first-order valence-electron chi connectivity index (χ1n) is 12.8. The van der Waals surface area contributed by atoms with E-state index in [0.717, 1.165) is 61.0 Å². The zero-order valence-electron chi connectivity index (χ0n) is 19.8. The average Bonchev–Trinajstić information content (AvgIpc) is 2.80. The molecule has 5 rings (SSSR count). The van der Waals surface area contributed by atoms with Crippen LogP contribution in [-0.4, -0.2) is 34.2 Å². The van der Waals surface area contributed by atoms with Crippen LogP contribution in [0.4, 0.5) is 0 Å². The monoisotopic (exact) mass is 469 g/mol. The van der Waals surface area contributed by atoms with Gasteiger partial charge in [0.2, 0.25) is 0 Å². The van der Waals surface area contributed by atoms with E-state index in [0.29, 0.717) is 17.1 Å². The van der Waals surface area contributed by atoms with Gasteiger partial charge < -0.3 is 9.84 Å². The number of ether oxygens (including phenoxy) is 1. The Balaban J connectivity index is 1.39. The van der Waals surface area contributed by atoms with Crippen LogP contribution >= 0.6 is 11.6 Å². The second kappa shape index (κ2) is 9.46. The van der Waals surface area contributed by atoms with Gasteiger partial charge in [-0.25, -0.2) is 0 Å². The van der Waals surface area contributed by atoms with Gasteiger partial charge in [0.1, 0.15) is 5.75 Å². The molecule has 3 unspecified atom stereocenters. The summed E-state index contributed by atoms with van der Waals surface area (Å²) in [5.41, 5.74) is 1.25. The van der Waals surface area contributed by atoms with Crippen LogP contribution in [0, 0.1) is 11.8 Å². The number of halogens is 1. The second-order valence-corrected chi connectivity index (χ2v) is 11.1. The number of rotatable bonds is 5. The number of carboxylic acid groups (broad SMARTS) is 1. The number of aliphatic carboxylic acids is 1. The van der Waals surface area contributed by atoms with Crippen LogP contribution in [0.5, 0.6) is 5.75 Å². The molecule has 0 spiro atoms. The molecular weight excluding hydrogens is 434 g/mol. The van der Waals surface area contributed by atoms with E-state index in [1.165, 1.54) is 24.8 Å². The molecule has 3 fully saturated rings. The van der Waals surface area contributed by atoms with Crippen molar-refractivity contribution in [1.82, 2.24) is 4.90 Å². The van der Waals surface area contributed by atoms with E-state index in [2.05, 4.69) is 43.0 Å². The topological polar surface area (TPSA) is 49.8 Å². The summed E-state index contributed by atoms with van der Waals surface area (Å²) in [7, 11) is 0. The van der Waals surface area contributed by atoms with Crippen molar-refractivity contribution in [1.29, 1.82) is 0 Å². The van der Waals surface area contributed by atoms with Crippen molar-refractivity contribution < 1.29 is 14.6 Å². The Morgan fingerprint density at radius 2 is 1.73 bits per heavy atom. The van der Waals surface area contributed by atoms with E-state index < -0.39 is 5.97 Å². The molecule has 0 radical (unpaired) electrons. The van der Waals surface area contributed by atoms with E-state index in [1.807, 2.05) is 6.07 Å². The SMILES string of the molecule is CC1CCC(Oc2ccc3ccc(C(C)N4C5CCCC4CC(C(=O)O)C5)cc3c2Cl)CC1. The minimum absolute atomic E-state index is 0.197. The maximum atomic E-state index is 11.7. The summed E-state index contributed by atoms with van der Waals surface area (Å²) in [5.74, 6) is 0.766. The molecule has 2 bridgehead atoms. The summed E-state index contributed by atoms with van der Waals surface area (Å²) in [4.78, 5) is 14.3. The van der Waals surface area contributed by atoms with Gasteiger partial charge in [0.25, 0.3) is 0 Å². The Kier molecular flexibility index (Phi) is 6.59. The first-order chi connectivity index (χ1) is 15.9. The molecule has 0 amide bonds. The minimum Gasteiger partial charge on any atom is -0.489 e. The smallest absolute Gasteiger partial charge is 0.306 e. The third-order valence-corrected chi connectivity index (χ3v) is 8.90. The van der Waals surface area contributed by atoms with Gasteiger partial charge in [-0.1, -0.05) is 43.1 Å². The van der Waals surface area contributed by atoms with Crippen LogP contribution in [0.25, 0.3) is 10.8 Å². The predicted octanol–water partition coefficient (Wildman–Crippen LogP) is 7.23. The summed E-state index contributed by atoms with van der Waals surface area (Å²) in [5, 5.41) is 12.5. The van der Waals surface area contributed by atoms with Gasteiger partial charge in [0, 0.05) is 23.5 Å². The summed E-state index contributed by atoms with van der Waals surface area (Å²) in [6.07, 6.45) is 9.82. The second-order valence-electron chi connectivity index (χ2n) is 10.7. The number of nitrogens with zero attached hydrogens (tertiary/aromatic N) is 1. The van der Waals surface area contributed by atoms with E-state index in [-0.39, 0.29) is 18.1 Å². The van der Waals surface area contributed by atoms with E-state index in [4.69, 9.17) is 16.3 Å². The van der Waals surface area contributed by atoms with Crippen LogP contribution in [0.2, 0.25) is 5.02 Å². The molecule has 2 saturated heterocycles. The molecule has 178 valence electrons. The van der Waals surface area contributed by atoms with Crippen molar-refractivity contribution in [2.45, 2.75) is 95.9 Å². The molecule has 4 nitrogen and oxygen atoms in total. The molecular formula is C28H36ClNO3. The van der Waals surface area contributed by atoms with Gasteiger partial charge in [-0.3, -0.25) is 9.69 Å². The maximum absolute atomic E-state index is 11.7. The molecule has 1 N–H and O–H groups in total. The first-order valence-corrected chi connectivity index (χ1v) is 13.2. The lowest BCUT2D eigenvalue weighted by Gasteiger charge is -2.51. The average molecular weight is 470 g/mol. The van der Waals surface area contributed by atoms with Crippen LogP contribution in [0.15, 0.2) is 30.3 Å². The number of benzene rings is 2. The highest BCUT2D eigenvalue weighted by atomic mass is 35.5. The largest absolute Gasteiger partial charge is 0.489 e. The molecule has 1 aliphatic carbocycles. The number of piperidine rings is 2. The van der Waals surface area contributed by atoms with Crippen LogP contribution < -0.4 is 4.74 Å². The van der Waals surface area contributed by atoms with Crippen molar-refractivity contribution in [3.05, 3.63) is 40.9 Å². The van der Waals surface area contributed by atoms with Crippen LogP contribution in [0.3, 0.4) is 0 Å². The maximum Gasteiger partial charge on any atom is 0.306 e. The Hall–Kier alpha value is -1.78. The molecule has 3 aliphatic rings. The van der Waals surface area contributed by atoms with Crippen molar-refractivity contribution in [3.8, 4) is 5.75 Å². The Morgan fingerprint density at radius 1 is 1.06 bits per heavy atom. The van der Waals surface area contributed by atoms with Gasteiger partial charge in [0.15, 0.2) is 0 Å². The fraction of sp³-hybridized carbons (Fsp3) is 0.607. The molecule has 33 heavy (non-hydrogen) atoms. The fourth-order valence-corrected chi connectivity index (χ4v) is 6.85. The fourth-order valence-electron chi connectivity index (χ4n) is 6.58. The normalized spacial score (nSPS) is 31.3. The molecule has 2 aromatic carbocycles. The highest BCUT2D eigenvalue weighted by Crippen LogP contribution is 2.43. The Labute approximate surface area is 202 Å². The molecule has 2 aromatic rings. The third kappa shape index (κ3) is 4.61. The summed E-state index contributed by atoms with van der Waals surface area (Å²) in [6.45, 7) is 4.59. The standard InChI is InChI=1S/C28H36ClNO3/c1-17-6-11-24(12-7-17)33-26-13-10-19-8-9-20(16-25(19)27(26)29)18(2)30-22-4-3-5-23(30)15-21(14-22)28(31)32/h8-10,13,16-18,21-24H,3-7,11-12,14-15H2,1-2H3,(H,31,32). The number of carbonyl (C=O) groups is 1. The van der Waals surface area contributed by atoms with Crippen molar-refractivity contribution in [2.24, 2.45) is 11.8 Å². The van der Waals surface area contributed by atoms with Gasteiger partial charge in [-0.15, -0.1) is 0 Å². The number of hydrogen-bond acceptors (Lipinski definition) is 3. The van der Waals surface area contributed by atoms with Gasteiger partial charge in [-0.2, -0.15) is 0 Å². The first kappa shape index (κ1) is 23.0. The molecule has 2 heterocycles. The van der Waals surface area contributed by atoms with Gasteiger partial charge in [0.05, 0.1) is 17.0 Å². The van der Waals surface area contributed by atoms with E-state index in [9.17, 15) is 9.90 Å². The number of fused-ring (bicyclic) bond motifs is 3. The van der Waals surface area contributed by atoms with Gasteiger partial charge >= 0.3 is 5.97 Å². The summed E-state index contributed by atoms with van der Waals surface area (Å²) < 4.78 is 6.36. The number of carboxylic acids is 1.